The lowest BCUT2D eigenvalue weighted by molar-refractivity contribution is -0.167. The second kappa shape index (κ2) is 46.8. The summed E-state index contributed by atoms with van der Waals surface area (Å²) in [6, 6.07) is 0. The summed E-state index contributed by atoms with van der Waals surface area (Å²) in [6.45, 7) is 6.57. The summed E-state index contributed by atoms with van der Waals surface area (Å²) in [5.41, 5.74) is 0. The highest BCUT2D eigenvalue weighted by atomic mass is 16.6. The van der Waals surface area contributed by atoms with Gasteiger partial charge in [-0.2, -0.15) is 0 Å². The van der Waals surface area contributed by atoms with E-state index >= 15 is 0 Å². The van der Waals surface area contributed by atoms with Crippen molar-refractivity contribution in [3.8, 4) is 0 Å². The quantitative estimate of drug-likeness (QED) is 0.0264. The number of hydrogen-bond donors (Lipinski definition) is 0. The molecule has 0 N–H and O–H groups in total. The van der Waals surface area contributed by atoms with E-state index in [4.69, 9.17) is 14.2 Å². The first kappa shape index (κ1) is 55.2. The summed E-state index contributed by atoms with van der Waals surface area (Å²) in [7, 11) is 0. The first-order valence-corrected chi connectivity index (χ1v) is 25.2. The Morgan fingerprint density at radius 2 is 0.579 bits per heavy atom. The summed E-state index contributed by atoms with van der Waals surface area (Å²) >= 11 is 0. The Morgan fingerprint density at radius 3 is 0.877 bits per heavy atom. The maximum Gasteiger partial charge on any atom is 0.306 e. The summed E-state index contributed by atoms with van der Waals surface area (Å²) in [4.78, 5) is 37.6. The predicted octanol–water partition coefficient (Wildman–Crippen LogP) is 16.2. The van der Waals surface area contributed by atoms with E-state index in [-0.39, 0.29) is 31.1 Å². The smallest absolute Gasteiger partial charge is 0.306 e. The number of carbonyl (C=O) groups is 3. The Kier molecular flexibility index (Phi) is 45.3. The second-order valence-corrected chi connectivity index (χ2v) is 17.1. The molecule has 0 aromatic rings. The lowest BCUT2D eigenvalue weighted by atomic mass is 10.0. The Balaban J connectivity index is 4.12. The molecule has 0 radical (unpaired) electrons. The van der Waals surface area contributed by atoms with Gasteiger partial charge in [-0.15, -0.1) is 0 Å². The fourth-order valence-electron chi connectivity index (χ4n) is 7.44. The Hall–Kier alpha value is -1.85. The summed E-state index contributed by atoms with van der Waals surface area (Å²) in [5, 5.41) is 0. The minimum atomic E-state index is -0.765. The molecule has 0 saturated carbocycles. The van der Waals surface area contributed by atoms with E-state index in [1.54, 1.807) is 0 Å². The van der Waals surface area contributed by atoms with E-state index in [9.17, 15) is 14.4 Å². The highest BCUT2D eigenvalue weighted by Gasteiger charge is 2.19. The molecule has 0 aromatic heterocycles. The van der Waals surface area contributed by atoms with Crippen LogP contribution in [0.15, 0.2) is 12.2 Å². The van der Waals surface area contributed by atoms with Crippen molar-refractivity contribution in [3.05, 3.63) is 12.2 Å². The highest BCUT2D eigenvalue weighted by Crippen LogP contribution is 2.16. The molecule has 0 fully saturated rings. The van der Waals surface area contributed by atoms with Crippen LogP contribution in [0.5, 0.6) is 0 Å². The third kappa shape index (κ3) is 45.1. The van der Waals surface area contributed by atoms with Gasteiger partial charge in [0.05, 0.1) is 0 Å². The van der Waals surface area contributed by atoms with Crippen molar-refractivity contribution >= 4 is 17.9 Å². The number of allylic oxidation sites excluding steroid dienone is 2. The van der Waals surface area contributed by atoms with Gasteiger partial charge in [0, 0.05) is 19.3 Å². The molecule has 0 saturated heterocycles. The minimum absolute atomic E-state index is 0.0696. The lowest BCUT2D eigenvalue weighted by Crippen LogP contribution is -2.30. The van der Waals surface area contributed by atoms with E-state index in [2.05, 4.69) is 32.9 Å². The first-order chi connectivity index (χ1) is 28.0. The summed E-state index contributed by atoms with van der Waals surface area (Å²) < 4.78 is 16.7. The van der Waals surface area contributed by atoms with Crippen LogP contribution in [0.25, 0.3) is 0 Å². The molecule has 6 heteroatoms. The van der Waals surface area contributed by atoms with Crippen LogP contribution in [-0.4, -0.2) is 37.2 Å². The zero-order chi connectivity index (χ0) is 41.5. The van der Waals surface area contributed by atoms with Crippen molar-refractivity contribution in [3.63, 3.8) is 0 Å². The molecule has 0 bridgehead atoms. The number of carbonyl (C=O) groups excluding carboxylic acids is 3. The summed E-state index contributed by atoms with van der Waals surface area (Å²) in [5.74, 6) is -0.879. The molecule has 0 heterocycles. The average molecular weight is 805 g/mol. The molecule has 57 heavy (non-hydrogen) atoms. The van der Waals surface area contributed by atoms with E-state index in [1.807, 2.05) is 0 Å². The van der Waals surface area contributed by atoms with Crippen molar-refractivity contribution in [2.75, 3.05) is 13.2 Å². The molecule has 0 aromatic carbocycles. The zero-order valence-corrected chi connectivity index (χ0v) is 38.4. The predicted molar refractivity (Wildman–Crippen MR) is 243 cm³/mol. The van der Waals surface area contributed by atoms with Gasteiger partial charge in [-0.1, -0.05) is 226 Å². The van der Waals surface area contributed by atoms with Crippen LogP contribution in [0, 0.1) is 0 Å². The molecule has 1 unspecified atom stereocenters. The number of esters is 3. The number of unbranched alkanes of at least 4 members (excludes halogenated alkanes) is 33. The Bertz CT molecular complexity index is 885. The van der Waals surface area contributed by atoms with Crippen LogP contribution < -0.4 is 0 Å². The maximum atomic E-state index is 12.7. The molecule has 0 rings (SSSR count). The molecule has 0 amide bonds. The van der Waals surface area contributed by atoms with E-state index < -0.39 is 6.10 Å². The fourth-order valence-corrected chi connectivity index (χ4v) is 7.44. The van der Waals surface area contributed by atoms with Crippen LogP contribution in [0.3, 0.4) is 0 Å². The van der Waals surface area contributed by atoms with Crippen LogP contribution in [0.4, 0.5) is 0 Å². The maximum absolute atomic E-state index is 12.7. The molecular weight excluding hydrogens is 709 g/mol. The molecule has 336 valence electrons. The van der Waals surface area contributed by atoms with Gasteiger partial charge in [0.25, 0.3) is 0 Å². The highest BCUT2D eigenvalue weighted by molar-refractivity contribution is 5.71. The van der Waals surface area contributed by atoms with Crippen LogP contribution in [0.1, 0.15) is 278 Å². The van der Waals surface area contributed by atoms with Crippen LogP contribution in [-0.2, 0) is 28.6 Å². The SMILES string of the molecule is CCCCCCCC/C=C\CCCCCCCC(=O)OC(COC(=O)CCCCCCC)COC(=O)CCCCCCCCCCCCCCCCCCCCC. The van der Waals surface area contributed by atoms with E-state index in [1.165, 1.54) is 167 Å². The summed E-state index contributed by atoms with van der Waals surface area (Å²) in [6.07, 6.45) is 50.9. The van der Waals surface area contributed by atoms with Gasteiger partial charge in [0.2, 0.25) is 0 Å². The van der Waals surface area contributed by atoms with Crippen molar-refractivity contribution in [1.29, 1.82) is 0 Å². The molecular formula is C51H96O6. The van der Waals surface area contributed by atoms with Gasteiger partial charge >= 0.3 is 17.9 Å². The lowest BCUT2D eigenvalue weighted by Gasteiger charge is -2.18. The average Bonchev–Trinajstić information content (AvgIpc) is 3.21. The van der Waals surface area contributed by atoms with Crippen molar-refractivity contribution in [2.45, 2.75) is 284 Å². The molecule has 0 aliphatic heterocycles. The second-order valence-electron chi connectivity index (χ2n) is 17.1. The number of ether oxygens (including phenoxy) is 3. The van der Waals surface area contributed by atoms with E-state index in [0.29, 0.717) is 19.3 Å². The van der Waals surface area contributed by atoms with E-state index in [0.717, 1.165) is 70.6 Å². The standard InChI is InChI=1S/C51H96O6/c1-4-7-10-13-15-17-19-21-23-24-25-26-28-29-31-33-35-38-41-44-50(53)56-47-48(46-55-49(52)43-40-37-12-9-6-3)57-51(54)45-42-39-36-34-32-30-27-22-20-18-16-14-11-8-5-2/h22,27,48H,4-21,23-26,28-47H2,1-3H3/b27-22-. The monoisotopic (exact) mass is 805 g/mol. The third-order valence-electron chi connectivity index (χ3n) is 11.3. The van der Waals surface area contributed by atoms with Gasteiger partial charge in [-0.3, -0.25) is 14.4 Å². The van der Waals surface area contributed by atoms with Crippen molar-refractivity contribution in [2.24, 2.45) is 0 Å². The van der Waals surface area contributed by atoms with Gasteiger partial charge in [0.15, 0.2) is 6.10 Å². The third-order valence-corrected chi connectivity index (χ3v) is 11.3. The largest absolute Gasteiger partial charge is 0.462 e. The molecule has 0 aliphatic rings. The van der Waals surface area contributed by atoms with Crippen LogP contribution >= 0.6 is 0 Å². The Morgan fingerprint density at radius 1 is 0.333 bits per heavy atom. The first-order valence-electron chi connectivity index (χ1n) is 25.2. The molecule has 0 aliphatic carbocycles. The number of rotatable bonds is 46. The topological polar surface area (TPSA) is 78.9 Å². The van der Waals surface area contributed by atoms with Gasteiger partial charge in [-0.05, 0) is 44.9 Å². The zero-order valence-electron chi connectivity index (χ0n) is 38.4. The van der Waals surface area contributed by atoms with Crippen molar-refractivity contribution < 1.29 is 28.6 Å². The van der Waals surface area contributed by atoms with Crippen molar-refractivity contribution in [1.82, 2.24) is 0 Å². The number of hydrogen-bond acceptors (Lipinski definition) is 6. The minimum Gasteiger partial charge on any atom is -0.462 e. The van der Waals surface area contributed by atoms with Gasteiger partial charge in [0.1, 0.15) is 13.2 Å². The molecule has 0 spiro atoms. The van der Waals surface area contributed by atoms with Crippen LogP contribution in [0.2, 0.25) is 0 Å². The molecule has 1 atom stereocenters. The molecule has 6 nitrogen and oxygen atoms in total. The Labute approximate surface area is 354 Å². The van der Waals surface area contributed by atoms with Gasteiger partial charge < -0.3 is 14.2 Å². The normalized spacial score (nSPS) is 12.0. The fraction of sp³-hybridized carbons (Fsp3) is 0.902. The van der Waals surface area contributed by atoms with Gasteiger partial charge in [-0.25, -0.2) is 0 Å².